The predicted molar refractivity (Wildman–Crippen MR) is 117 cm³/mol. The molecule has 0 saturated carbocycles. The standard InChI is InChI=1S/C22H25F2N5O2S/c1-32(30,31)28-9-6-14(7-10-28)21-16-12-29(19-5-8-25-17-4-2-3-15(17)19)20(22(23)24)11-18(16)26-13-27-21/h2-3,5,8,13-14,20,22H,4,6-7,9-12H2,1H3. The van der Waals surface area contributed by atoms with Gasteiger partial charge in [0.1, 0.15) is 6.33 Å². The Kier molecular flexibility index (Phi) is 5.45. The molecule has 0 spiro atoms. The smallest absolute Gasteiger partial charge is 0.258 e. The highest BCUT2D eigenvalue weighted by atomic mass is 32.2. The predicted octanol–water partition coefficient (Wildman–Crippen LogP) is 2.78. The van der Waals surface area contributed by atoms with E-state index in [1.165, 1.54) is 16.9 Å². The summed E-state index contributed by atoms with van der Waals surface area (Å²) >= 11 is 0. The number of anilines is 1. The van der Waals surface area contributed by atoms with Crippen LogP contribution in [-0.2, 0) is 29.4 Å². The van der Waals surface area contributed by atoms with Crippen LogP contribution in [-0.4, -0.2) is 59.5 Å². The summed E-state index contributed by atoms with van der Waals surface area (Å²) in [6.45, 7) is 1.18. The molecule has 2 aliphatic heterocycles. The molecule has 4 heterocycles. The lowest BCUT2D eigenvalue weighted by Crippen LogP contribution is -2.46. The third kappa shape index (κ3) is 3.79. The average molecular weight is 462 g/mol. The summed E-state index contributed by atoms with van der Waals surface area (Å²) in [5.74, 6) is 0.0813. The number of hydrogen-bond donors (Lipinski definition) is 0. The van der Waals surface area contributed by atoms with Crippen LogP contribution in [0.25, 0.3) is 6.08 Å². The molecule has 0 amide bonds. The molecule has 0 radical (unpaired) electrons. The molecule has 3 aliphatic rings. The second kappa shape index (κ2) is 8.15. The fraction of sp³-hybridized carbons (Fsp3) is 0.500. The van der Waals surface area contributed by atoms with Gasteiger partial charge < -0.3 is 4.90 Å². The Morgan fingerprint density at radius 2 is 1.91 bits per heavy atom. The number of halogens is 2. The van der Waals surface area contributed by atoms with Gasteiger partial charge in [-0.25, -0.2) is 31.5 Å². The van der Waals surface area contributed by atoms with Gasteiger partial charge in [0.2, 0.25) is 10.0 Å². The van der Waals surface area contributed by atoms with Crippen molar-refractivity contribution in [3.05, 3.63) is 52.9 Å². The maximum atomic E-state index is 14.1. The molecule has 32 heavy (non-hydrogen) atoms. The molecular formula is C22H25F2N5O2S. The first-order valence-electron chi connectivity index (χ1n) is 10.8. The van der Waals surface area contributed by atoms with E-state index >= 15 is 0 Å². The van der Waals surface area contributed by atoms with E-state index in [9.17, 15) is 17.2 Å². The Bertz CT molecular complexity index is 1160. The minimum absolute atomic E-state index is 0.0813. The van der Waals surface area contributed by atoms with E-state index in [0.717, 1.165) is 28.2 Å². The van der Waals surface area contributed by atoms with E-state index < -0.39 is 22.5 Å². The number of sulfonamides is 1. The highest BCUT2D eigenvalue weighted by Gasteiger charge is 2.38. The van der Waals surface area contributed by atoms with Crippen molar-refractivity contribution in [1.29, 1.82) is 0 Å². The van der Waals surface area contributed by atoms with Crippen molar-refractivity contribution < 1.29 is 17.2 Å². The van der Waals surface area contributed by atoms with Gasteiger partial charge in [0.15, 0.2) is 0 Å². The molecule has 1 saturated heterocycles. The van der Waals surface area contributed by atoms with Crippen LogP contribution in [0.3, 0.4) is 0 Å². The molecule has 7 nitrogen and oxygen atoms in total. The van der Waals surface area contributed by atoms with Crippen LogP contribution in [0, 0.1) is 0 Å². The number of rotatable bonds is 4. The van der Waals surface area contributed by atoms with E-state index in [0.29, 0.717) is 44.6 Å². The van der Waals surface area contributed by atoms with Gasteiger partial charge in [-0.15, -0.1) is 0 Å². The lowest BCUT2D eigenvalue weighted by molar-refractivity contribution is 0.107. The Hall–Kier alpha value is -2.46. The number of alkyl halides is 2. The number of piperidine rings is 1. The first kappa shape index (κ1) is 21.4. The van der Waals surface area contributed by atoms with Crippen LogP contribution in [0.4, 0.5) is 14.5 Å². The van der Waals surface area contributed by atoms with Crippen molar-refractivity contribution in [2.24, 2.45) is 0 Å². The summed E-state index contributed by atoms with van der Waals surface area (Å²) in [7, 11) is -3.22. The minimum Gasteiger partial charge on any atom is -0.357 e. The van der Waals surface area contributed by atoms with E-state index in [2.05, 4.69) is 15.0 Å². The molecule has 170 valence electrons. The summed E-state index contributed by atoms with van der Waals surface area (Å²) in [6, 6.07) is 0.834. The number of allylic oxidation sites excluding steroid dienone is 1. The van der Waals surface area contributed by atoms with Crippen molar-refractivity contribution in [3.8, 4) is 0 Å². The molecule has 5 rings (SSSR count). The van der Waals surface area contributed by atoms with Gasteiger partial charge >= 0.3 is 0 Å². The molecule has 1 atom stereocenters. The zero-order valence-corrected chi connectivity index (χ0v) is 18.6. The fourth-order valence-corrected chi connectivity index (χ4v) is 5.97. The van der Waals surface area contributed by atoms with Crippen molar-refractivity contribution in [1.82, 2.24) is 19.3 Å². The van der Waals surface area contributed by atoms with Crippen LogP contribution in [0.5, 0.6) is 0 Å². The Labute approximate surface area is 186 Å². The third-order valence-electron chi connectivity index (χ3n) is 6.75. The van der Waals surface area contributed by atoms with Gasteiger partial charge in [-0.3, -0.25) is 4.98 Å². The first-order chi connectivity index (χ1) is 15.3. The molecular weight excluding hydrogens is 436 g/mol. The van der Waals surface area contributed by atoms with Crippen LogP contribution in [0.2, 0.25) is 0 Å². The molecule has 1 aliphatic carbocycles. The summed E-state index contributed by atoms with van der Waals surface area (Å²) < 4.78 is 53.5. The molecule has 1 unspecified atom stereocenters. The topological polar surface area (TPSA) is 79.3 Å². The molecule has 0 bridgehead atoms. The van der Waals surface area contributed by atoms with Gasteiger partial charge in [0, 0.05) is 61.4 Å². The third-order valence-corrected chi connectivity index (χ3v) is 8.06. The lowest BCUT2D eigenvalue weighted by Gasteiger charge is -2.40. The summed E-state index contributed by atoms with van der Waals surface area (Å²) in [6.07, 6.45) is 7.97. The van der Waals surface area contributed by atoms with E-state index in [-0.39, 0.29) is 12.3 Å². The Balaban J connectivity index is 1.49. The van der Waals surface area contributed by atoms with Crippen LogP contribution >= 0.6 is 0 Å². The van der Waals surface area contributed by atoms with E-state index in [1.807, 2.05) is 18.2 Å². The Morgan fingerprint density at radius 1 is 1.12 bits per heavy atom. The second-order valence-electron chi connectivity index (χ2n) is 8.65. The minimum atomic E-state index is -3.22. The largest absolute Gasteiger partial charge is 0.357 e. The second-order valence-corrected chi connectivity index (χ2v) is 10.6. The number of aromatic nitrogens is 3. The molecule has 1 fully saturated rings. The number of nitrogens with zero attached hydrogens (tertiary/aromatic N) is 5. The molecule has 2 aromatic heterocycles. The maximum absolute atomic E-state index is 14.1. The highest BCUT2D eigenvalue weighted by Crippen LogP contribution is 2.39. The Morgan fingerprint density at radius 3 is 2.62 bits per heavy atom. The quantitative estimate of drug-likeness (QED) is 0.697. The summed E-state index contributed by atoms with van der Waals surface area (Å²) in [5, 5.41) is 0. The van der Waals surface area contributed by atoms with Crippen LogP contribution in [0.15, 0.2) is 24.7 Å². The van der Waals surface area contributed by atoms with Crippen molar-refractivity contribution in [2.75, 3.05) is 24.2 Å². The number of pyridine rings is 1. The monoisotopic (exact) mass is 461 g/mol. The molecule has 0 aromatic carbocycles. The molecule has 0 N–H and O–H groups in total. The van der Waals surface area contributed by atoms with E-state index in [1.54, 1.807) is 11.1 Å². The zero-order chi connectivity index (χ0) is 22.5. The van der Waals surface area contributed by atoms with Gasteiger partial charge in [0.05, 0.1) is 29.4 Å². The normalized spacial score (nSPS) is 21.8. The first-order valence-corrected chi connectivity index (χ1v) is 12.6. The average Bonchev–Trinajstić information content (AvgIpc) is 3.26. The van der Waals surface area contributed by atoms with Crippen LogP contribution < -0.4 is 4.90 Å². The molecule has 10 heteroatoms. The SMILES string of the molecule is CS(=O)(=O)N1CCC(c2ncnc3c2CN(c2ccnc4c2C=CC4)C(C(F)F)C3)CC1. The molecule has 2 aromatic rings. The van der Waals surface area contributed by atoms with E-state index in [4.69, 9.17) is 0 Å². The lowest BCUT2D eigenvalue weighted by atomic mass is 9.87. The van der Waals surface area contributed by atoms with Crippen molar-refractivity contribution >= 4 is 21.8 Å². The number of hydrogen-bond acceptors (Lipinski definition) is 6. The fourth-order valence-electron chi connectivity index (χ4n) is 5.10. The van der Waals surface area contributed by atoms with Gasteiger partial charge in [-0.1, -0.05) is 12.2 Å². The van der Waals surface area contributed by atoms with Crippen LogP contribution in [0.1, 0.15) is 47.0 Å². The number of fused-ring (bicyclic) bond motifs is 2. The van der Waals surface area contributed by atoms with Crippen molar-refractivity contribution in [3.63, 3.8) is 0 Å². The van der Waals surface area contributed by atoms with Crippen molar-refractivity contribution in [2.45, 2.75) is 50.6 Å². The maximum Gasteiger partial charge on any atom is 0.258 e. The summed E-state index contributed by atoms with van der Waals surface area (Å²) in [4.78, 5) is 15.1. The van der Waals surface area contributed by atoms with Gasteiger partial charge in [-0.2, -0.15) is 0 Å². The highest BCUT2D eigenvalue weighted by molar-refractivity contribution is 7.88. The summed E-state index contributed by atoms with van der Waals surface area (Å²) in [5.41, 5.74) is 5.00. The van der Waals surface area contributed by atoms with Gasteiger partial charge in [-0.05, 0) is 18.9 Å². The van der Waals surface area contributed by atoms with Gasteiger partial charge in [0.25, 0.3) is 6.43 Å². The zero-order valence-electron chi connectivity index (χ0n) is 17.8.